The van der Waals surface area contributed by atoms with Crippen molar-refractivity contribution < 1.29 is 0 Å². The van der Waals surface area contributed by atoms with E-state index in [4.69, 9.17) is 0 Å². The molecule has 0 radical (unpaired) electrons. The molecule has 0 unspecified atom stereocenters. The van der Waals surface area contributed by atoms with E-state index in [0.29, 0.717) is 23.4 Å². The van der Waals surface area contributed by atoms with Gasteiger partial charge in [-0.2, -0.15) is 5.10 Å². The zero-order valence-corrected chi connectivity index (χ0v) is 12.8. The van der Waals surface area contributed by atoms with Crippen molar-refractivity contribution in [1.82, 2.24) is 24.6 Å². The van der Waals surface area contributed by atoms with Gasteiger partial charge < -0.3 is 4.98 Å². The van der Waals surface area contributed by atoms with E-state index in [1.54, 1.807) is 17.9 Å². The number of H-pyrrole nitrogens is 1. The van der Waals surface area contributed by atoms with Gasteiger partial charge in [0, 0.05) is 13.6 Å². The van der Waals surface area contributed by atoms with Gasteiger partial charge in [-0.3, -0.25) is 14.4 Å². The van der Waals surface area contributed by atoms with Crippen LogP contribution < -0.4 is 5.56 Å². The van der Waals surface area contributed by atoms with Gasteiger partial charge in [0.05, 0.1) is 12.7 Å². The van der Waals surface area contributed by atoms with Crippen molar-refractivity contribution in [3.63, 3.8) is 0 Å². The molecule has 0 bridgehead atoms. The van der Waals surface area contributed by atoms with Crippen LogP contribution in [0.3, 0.4) is 0 Å². The minimum atomic E-state index is -0.135. The minimum absolute atomic E-state index is 0.135. The summed E-state index contributed by atoms with van der Waals surface area (Å²) in [6, 6.07) is 10.3. The lowest BCUT2D eigenvalue weighted by Crippen LogP contribution is -2.25. The highest BCUT2D eigenvalue weighted by molar-refractivity contribution is 5.72. The maximum absolute atomic E-state index is 12.1. The molecule has 0 atom stereocenters. The average molecular weight is 297 g/mol. The smallest absolute Gasteiger partial charge is 0.262 e. The van der Waals surface area contributed by atoms with Crippen LogP contribution in [0.15, 0.2) is 41.3 Å². The fourth-order valence-electron chi connectivity index (χ4n) is 2.49. The lowest BCUT2D eigenvalue weighted by atomic mass is 10.2. The first-order valence-electron chi connectivity index (χ1n) is 7.34. The van der Waals surface area contributed by atoms with Crippen LogP contribution in [0.4, 0.5) is 0 Å². The monoisotopic (exact) mass is 297 g/mol. The molecule has 1 N–H and O–H groups in total. The first kappa shape index (κ1) is 14.5. The Morgan fingerprint density at radius 3 is 2.73 bits per heavy atom. The summed E-state index contributed by atoms with van der Waals surface area (Å²) in [6.45, 7) is 4.40. The second-order valence-corrected chi connectivity index (χ2v) is 5.31. The third-order valence-electron chi connectivity index (χ3n) is 3.72. The van der Waals surface area contributed by atoms with Gasteiger partial charge in [-0.1, -0.05) is 37.3 Å². The highest BCUT2D eigenvalue weighted by Gasteiger charge is 2.11. The molecule has 0 spiro atoms. The average Bonchev–Trinajstić information content (AvgIpc) is 2.90. The van der Waals surface area contributed by atoms with Crippen LogP contribution >= 0.6 is 0 Å². The zero-order chi connectivity index (χ0) is 15.5. The molecule has 0 aliphatic heterocycles. The number of aromatic amines is 1. The maximum Gasteiger partial charge on any atom is 0.262 e. The van der Waals surface area contributed by atoms with E-state index < -0.39 is 0 Å². The zero-order valence-electron chi connectivity index (χ0n) is 12.8. The molecule has 3 aromatic rings. The van der Waals surface area contributed by atoms with Crippen molar-refractivity contribution >= 4 is 11.0 Å². The fraction of sp³-hybridized carbons (Fsp3) is 0.312. The quantitative estimate of drug-likeness (QED) is 0.778. The van der Waals surface area contributed by atoms with Crippen LogP contribution in [-0.4, -0.2) is 31.2 Å². The second kappa shape index (κ2) is 6.11. The van der Waals surface area contributed by atoms with Gasteiger partial charge in [0.2, 0.25) is 0 Å². The Bertz CT molecular complexity index is 821. The lowest BCUT2D eigenvalue weighted by Gasteiger charge is -2.19. The summed E-state index contributed by atoms with van der Waals surface area (Å²) in [7, 11) is 1.79. The number of fused-ring (bicyclic) bond motifs is 1. The van der Waals surface area contributed by atoms with Crippen LogP contribution in [0.2, 0.25) is 0 Å². The van der Waals surface area contributed by atoms with Gasteiger partial charge in [-0.25, -0.2) is 4.98 Å². The molecular formula is C16H19N5O. The number of nitrogens with zero attached hydrogens (tertiary/aromatic N) is 4. The van der Waals surface area contributed by atoms with Crippen LogP contribution in [0, 0.1) is 0 Å². The third-order valence-corrected chi connectivity index (χ3v) is 3.72. The molecule has 0 saturated heterocycles. The number of rotatable bonds is 5. The molecule has 2 heterocycles. The van der Waals surface area contributed by atoms with Crippen molar-refractivity contribution in [3.8, 4) is 0 Å². The van der Waals surface area contributed by atoms with Crippen LogP contribution in [0.25, 0.3) is 11.0 Å². The van der Waals surface area contributed by atoms with Crippen molar-refractivity contribution in [2.24, 2.45) is 7.05 Å². The summed E-state index contributed by atoms with van der Waals surface area (Å²) in [5.41, 5.74) is 1.73. The first-order valence-corrected chi connectivity index (χ1v) is 7.34. The summed E-state index contributed by atoms with van der Waals surface area (Å²) >= 11 is 0. The van der Waals surface area contributed by atoms with Crippen molar-refractivity contribution in [2.45, 2.75) is 20.0 Å². The number of benzene rings is 1. The minimum Gasteiger partial charge on any atom is -0.309 e. The highest BCUT2D eigenvalue weighted by atomic mass is 16.1. The molecule has 2 aromatic heterocycles. The molecule has 1 aromatic carbocycles. The van der Waals surface area contributed by atoms with E-state index in [-0.39, 0.29) is 5.56 Å². The number of hydrogen-bond acceptors (Lipinski definition) is 4. The summed E-state index contributed by atoms with van der Waals surface area (Å²) in [5.74, 6) is 0.666. The molecule has 0 aliphatic rings. The topological polar surface area (TPSA) is 66.8 Å². The summed E-state index contributed by atoms with van der Waals surface area (Å²) in [5, 5.41) is 4.61. The van der Waals surface area contributed by atoms with Gasteiger partial charge in [0.15, 0.2) is 5.65 Å². The van der Waals surface area contributed by atoms with Crippen molar-refractivity contribution in [1.29, 1.82) is 0 Å². The molecule has 0 saturated carbocycles. The molecule has 114 valence electrons. The highest BCUT2D eigenvalue weighted by Crippen LogP contribution is 2.09. The molecule has 6 heteroatoms. The third kappa shape index (κ3) is 2.92. The Morgan fingerprint density at radius 1 is 1.23 bits per heavy atom. The normalized spacial score (nSPS) is 11.4. The molecule has 22 heavy (non-hydrogen) atoms. The van der Waals surface area contributed by atoms with Gasteiger partial charge >= 0.3 is 0 Å². The molecular weight excluding hydrogens is 278 g/mol. The largest absolute Gasteiger partial charge is 0.309 e. The van der Waals surface area contributed by atoms with E-state index in [1.807, 2.05) is 18.2 Å². The van der Waals surface area contributed by atoms with Gasteiger partial charge in [0.25, 0.3) is 5.56 Å². The fourth-order valence-corrected chi connectivity index (χ4v) is 2.49. The number of aryl methyl sites for hydroxylation is 1. The number of nitrogens with one attached hydrogen (secondary N) is 1. The van der Waals surface area contributed by atoms with E-state index in [0.717, 1.165) is 13.1 Å². The molecule has 0 fully saturated rings. The summed E-state index contributed by atoms with van der Waals surface area (Å²) in [4.78, 5) is 21.7. The second-order valence-electron chi connectivity index (χ2n) is 5.31. The molecule has 0 amide bonds. The maximum atomic E-state index is 12.1. The predicted molar refractivity (Wildman–Crippen MR) is 85.4 cm³/mol. The van der Waals surface area contributed by atoms with Gasteiger partial charge in [-0.15, -0.1) is 0 Å². The summed E-state index contributed by atoms with van der Waals surface area (Å²) in [6.07, 6.45) is 1.55. The van der Waals surface area contributed by atoms with E-state index in [9.17, 15) is 4.79 Å². The Labute approximate surface area is 128 Å². The van der Waals surface area contributed by atoms with Gasteiger partial charge in [0.1, 0.15) is 11.2 Å². The van der Waals surface area contributed by atoms with Crippen LogP contribution in [-0.2, 0) is 20.1 Å². The van der Waals surface area contributed by atoms with Gasteiger partial charge in [-0.05, 0) is 12.1 Å². The number of hydrogen-bond donors (Lipinski definition) is 1. The van der Waals surface area contributed by atoms with Crippen molar-refractivity contribution in [2.75, 3.05) is 6.54 Å². The summed E-state index contributed by atoms with van der Waals surface area (Å²) < 4.78 is 1.63. The Balaban J connectivity index is 1.84. The first-order chi connectivity index (χ1) is 10.7. The number of aromatic nitrogens is 4. The SMILES string of the molecule is CCN(Cc1ccccc1)Cc1nc2c(cnn2C)c(=O)[nH]1. The van der Waals surface area contributed by atoms with Crippen LogP contribution in [0.1, 0.15) is 18.3 Å². The molecule has 6 nitrogen and oxygen atoms in total. The van der Waals surface area contributed by atoms with E-state index >= 15 is 0 Å². The van der Waals surface area contributed by atoms with Crippen molar-refractivity contribution in [3.05, 3.63) is 58.3 Å². The molecule has 0 aliphatic carbocycles. The van der Waals surface area contributed by atoms with E-state index in [2.05, 4.69) is 39.0 Å². The molecule has 3 rings (SSSR count). The Hall–Kier alpha value is -2.47. The predicted octanol–water partition coefficient (Wildman–Crippen LogP) is 1.68. The lowest BCUT2D eigenvalue weighted by molar-refractivity contribution is 0.264. The van der Waals surface area contributed by atoms with Crippen LogP contribution in [0.5, 0.6) is 0 Å². The van der Waals surface area contributed by atoms with E-state index in [1.165, 1.54) is 5.56 Å². The Morgan fingerprint density at radius 2 is 2.00 bits per heavy atom. The Kier molecular flexibility index (Phi) is 4.02. The standard InChI is InChI=1S/C16H19N5O/c1-3-21(10-12-7-5-4-6-8-12)11-14-18-15-13(16(22)19-14)9-17-20(15)2/h4-9H,3,10-11H2,1-2H3,(H,18,19,22).